The lowest BCUT2D eigenvalue weighted by Gasteiger charge is -2.29. The maximum atomic E-state index is 12.4. The molecule has 0 bridgehead atoms. The van der Waals surface area contributed by atoms with Gasteiger partial charge in [-0.2, -0.15) is 11.3 Å². The predicted molar refractivity (Wildman–Crippen MR) is 75.4 cm³/mol. The van der Waals surface area contributed by atoms with Gasteiger partial charge in [0.25, 0.3) is 5.91 Å². The number of carbonyl (C=O) groups is 1. The van der Waals surface area contributed by atoms with Crippen LogP contribution in [0.15, 0.2) is 46.2 Å². The van der Waals surface area contributed by atoms with E-state index in [0.717, 1.165) is 11.3 Å². The van der Waals surface area contributed by atoms with Crippen molar-refractivity contribution in [2.24, 2.45) is 5.16 Å². The molecule has 0 radical (unpaired) electrons. The average Bonchev–Trinajstić information content (AvgIpc) is 2.99. The van der Waals surface area contributed by atoms with Gasteiger partial charge in [0, 0.05) is 23.9 Å². The molecule has 2 aromatic rings. The topological polar surface area (TPSA) is 52.9 Å². The molecular formula is C14H12N2O2S. The number of thiophene rings is 1. The summed E-state index contributed by atoms with van der Waals surface area (Å²) >= 11 is 1.51. The van der Waals surface area contributed by atoms with E-state index in [2.05, 4.69) is 5.16 Å². The minimum absolute atomic E-state index is 0.00862. The van der Waals surface area contributed by atoms with Gasteiger partial charge in [-0.1, -0.05) is 23.4 Å². The Balaban J connectivity index is 2.03. The number of fused-ring (bicyclic) bond motifs is 1. The van der Waals surface area contributed by atoms with Crippen LogP contribution in [0, 0.1) is 0 Å². The van der Waals surface area contributed by atoms with E-state index in [9.17, 15) is 4.79 Å². The Labute approximate surface area is 114 Å². The molecule has 1 aliphatic rings. The molecule has 0 spiro atoms. The number of para-hydroxylation sites is 1. The summed E-state index contributed by atoms with van der Waals surface area (Å²) in [5.41, 5.74) is 2.95. The normalized spacial score (nSPS) is 16.4. The van der Waals surface area contributed by atoms with Crippen molar-refractivity contribution in [1.29, 1.82) is 0 Å². The number of benzene rings is 1. The molecule has 19 heavy (non-hydrogen) atoms. The standard InChI is InChI=1S/C14H12N2O2S/c17-14(10-6-8-19-9-10)16-7-5-12(15-18)11-3-1-2-4-13(11)16/h1-4,6,8-9,18H,5,7H2. The van der Waals surface area contributed by atoms with E-state index in [4.69, 9.17) is 5.21 Å². The number of carbonyl (C=O) groups excluding carboxylic acids is 1. The first kappa shape index (κ1) is 11.9. The van der Waals surface area contributed by atoms with Crippen molar-refractivity contribution in [1.82, 2.24) is 0 Å². The fraction of sp³-hybridized carbons (Fsp3) is 0.143. The van der Waals surface area contributed by atoms with Gasteiger partial charge in [-0.05, 0) is 17.5 Å². The van der Waals surface area contributed by atoms with E-state index < -0.39 is 0 Å². The molecule has 0 aliphatic carbocycles. The molecule has 1 aromatic carbocycles. The predicted octanol–water partition coefficient (Wildman–Crippen LogP) is 2.98. The molecule has 1 amide bonds. The highest BCUT2D eigenvalue weighted by Crippen LogP contribution is 2.28. The lowest BCUT2D eigenvalue weighted by molar-refractivity contribution is 0.0987. The van der Waals surface area contributed by atoms with Gasteiger partial charge in [0.2, 0.25) is 0 Å². The van der Waals surface area contributed by atoms with Crippen LogP contribution in [0.5, 0.6) is 0 Å². The molecule has 1 N–H and O–H groups in total. The van der Waals surface area contributed by atoms with Gasteiger partial charge in [0.15, 0.2) is 0 Å². The van der Waals surface area contributed by atoms with Crippen molar-refractivity contribution in [3.05, 3.63) is 52.2 Å². The van der Waals surface area contributed by atoms with E-state index >= 15 is 0 Å². The van der Waals surface area contributed by atoms with E-state index in [-0.39, 0.29) is 5.91 Å². The first-order valence-electron chi connectivity index (χ1n) is 5.95. The molecule has 0 unspecified atom stereocenters. The SMILES string of the molecule is O=C(c1ccsc1)N1CCC(=NO)c2ccccc21. The zero-order valence-electron chi connectivity index (χ0n) is 10.1. The molecule has 2 heterocycles. The third kappa shape index (κ3) is 2.02. The Morgan fingerprint density at radius 3 is 2.89 bits per heavy atom. The highest BCUT2D eigenvalue weighted by Gasteiger charge is 2.26. The van der Waals surface area contributed by atoms with E-state index in [0.29, 0.717) is 24.2 Å². The van der Waals surface area contributed by atoms with Crippen molar-refractivity contribution < 1.29 is 10.0 Å². The summed E-state index contributed by atoms with van der Waals surface area (Å²) in [7, 11) is 0. The number of amides is 1. The fourth-order valence-corrected chi connectivity index (χ4v) is 2.91. The summed E-state index contributed by atoms with van der Waals surface area (Å²) in [5, 5.41) is 16.1. The third-order valence-corrected chi connectivity index (χ3v) is 3.90. The zero-order chi connectivity index (χ0) is 13.2. The molecule has 4 nitrogen and oxygen atoms in total. The summed E-state index contributed by atoms with van der Waals surface area (Å²) in [6, 6.07) is 9.34. The third-order valence-electron chi connectivity index (χ3n) is 3.21. The fourth-order valence-electron chi connectivity index (χ4n) is 2.28. The molecule has 3 rings (SSSR count). The number of hydrogen-bond acceptors (Lipinski definition) is 4. The first-order valence-corrected chi connectivity index (χ1v) is 6.90. The van der Waals surface area contributed by atoms with Gasteiger partial charge >= 0.3 is 0 Å². The van der Waals surface area contributed by atoms with Crippen LogP contribution < -0.4 is 4.90 Å². The zero-order valence-corrected chi connectivity index (χ0v) is 10.9. The molecular weight excluding hydrogens is 260 g/mol. The second kappa shape index (κ2) is 4.85. The smallest absolute Gasteiger partial charge is 0.259 e. The van der Waals surface area contributed by atoms with E-state index in [1.165, 1.54) is 11.3 Å². The second-order valence-corrected chi connectivity index (χ2v) is 5.06. The van der Waals surface area contributed by atoms with Gasteiger partial charge in [-0.3, -0.25) is 4.79 Å². The molecule has 0 atom stereocenters. The van der Waals surface area contributed by atoms with Crippen LogP contribution in [0.2, 0.25) is 0 Å². The molecule has 0 fully saturated rings. The van der Waals surface area contributed by atoms with Gasteiger partial charge in [-0.15, -0.1) is 0 Å². The van der Waals surface area contributed by atoms with Crippen molar-refractivity contribution >= 4 is 28.6 Å². The van der Waals surface area contributed by atoms with Crippen LogP contribution in [-0.4, -0.2) is 23.4 Å². The molecule has 0 saturated heterocycles. The first-order chi connectivity index (χ1) is 9.31. The second-order valence-electron chi connectivity index (χ2n) is 4.28. The Hall–Kier alpha value is -2.14. The van der Waals surface area contributed by atoms with E-state index in [1.54, 1.807) is 4.90 Å². The Morgan fingerprint density at radius 1 is 1.32 bits per heavy atom. The minimum Gasteiger partial charge on any atom is -0.411 e. The quantitative estimate of drug-likeness (QED) is 0.641. The summed E-state index contributed by atoms with van der Waals surface area (Å²) in [5.74, 6) is -0.00862. The number of oxime groups is 1. The van der Waals surface area contributed by atoms with E-state index in [1.807, 2.05) is 41.1 Å². The summed E-state index contributed by atoms with van der Waals surface area (Å²) < 4.78 is 0. The monoisotopic (exact) mass is 272 g/mol. The summed E-state index contributed by atoms with van der Waals surface area (Å²) in [4.78, 5) is 14.2. The Bertz CT molecular complexity index is 635. The summed E-state index contributed by atoms with van der Waals surface area (Å²) in [6.07, 6.45) is 0.559. The van der Waals surface area contributed by atoms with Crippen molar-refractivity contribution in [2.45, 2.75) is 6.42 Å². The molecule has 5 heteroatoms. The van der Waals surface area contributed by atoms with Gasteiger partial charge in [-0.25, -0.2) is 0 Å². The number of nitrogens with zero attached hydrogens (tertiary/aromatic N) is 2. The van der Waals surface area contributed by atoms with Crippen LogP contribution in [-0.2, 0) is 0 Å². The number of hydrogen-bond donors (Lipinski definition) is 1. The van der Waals surface area contributed by atoms with Crippen LogP contribution in [0.4, 0.5) is 5.69 Å². The number of anilines is 1. The maximum absolute atomic E-state index is 12.4. The van der Waals surface area contributed by atoms with Crippen molar-refractivity contribution in [2.75, 3.05) is 11.4 Å². The van der Waals surface area contributed by atoms with Gasteiger partial charge < -0.3 is 10.1 Å². The van der Waals surface area contributed by atoms with Crippen LogP contribution in [0.1, 0.15) is 22.3 Å². The lowest BCUT2D eigenvalue weighted by Crippen LogP contribution is -2.37. The van der Waals surface area contributed by atoms with Crippen molar-refractivity contribution in [3.63, 3.8) is 0 Å². The number of rotatable bonds is 1. The average molecular weight is 272 g/mol. The molecule has 96 valence electrons. The van der Waals surface area contributed by atoms with Crippen LogP contribution in [0.25, 0.3) is 0 Å². The highest BCUT2D eigenvalue weighted by molar-refractivity contribution is 7.08. The van der Waals surface area contributed by atoms with Crippen molar-refractivity contribution in [3.8, 4) is 0 Å². The highest BCUT2D eigenvalue weighted by atomic mass is 32.1. The Kier molecular flexibility index (Phi) is 3.05. The van der Waals surface area contributed by atoms with Gasteiger partial charge in [0.1, 0.15) is 0 Å². The van der Waals surface area contributed by atoms with Crippen LogP contribution >= 0.6 is 11.3 Å². The van der Waals surface area contributed by atoms with Crippen LogP contribution in [0.3, 0.4) is 0 Å². The lowest BCUT2D eigenvalue weighted by atomic mass is 9.99. The maximum Gasteiger partial charge on any atom is 0.259 e. The molecule has 0 saturated carbocycles. The Morgan fingerprint density at radius 2 is 2.16 bits per heavy atom. The largest absolute Gasteiger partial charge is 0.411 e. The van der Waals surface area contributed by atoms with Gasteiger partial charge in [0.05, 0.1) is 17.0 Å². The minimum atomic E-state index is -0.00862. The summed E-state index contributed by atoms with van der Waals surface area (Å²) in [6.45, 7) is 0.533. The molecule has 1 aromatic heterocycles. The molecule has 1 aliphatic heterocycles.